The highest BCUT2D eigenvalue weighted by atomic mass is 16.2. The van der Waals surface area contributed by atoms with E-state index in [9.17, 15) is 14.4 Å². The Kier molecular flexibility index (Phi) is 6.09. The predicted molar refractivity (Wildman–Crippen MR) is 136 cm³/mol. The van der Waals surface area contributed by atoms with Crippen LogP contribution in [0, 0.1) is 18.3 Å². The average molecular weight is 477 g/mol. The van der Waals surface area contributed by atoms with E-state index < -0.39 is 11.9 Å². The molecule has 2 heterocycles. The molecule has 1 saturated heterocycles. The van der Waals surface area contributed by atoms with Gasteiger partial charge in [0.25, 0.3) is 11.8 Å². The number of hydrogen-bond acceptors (Lipinski definition) is 4. The van der Waals surface area contributed by atoms with Crippen molar-refractivity contribution in [3.63, 3.8) is 0 Å². The molecule has 0 bridgehead atoms. The molecule has 1 atom stereocenters. The van der Waals surface area contributed by atoms with Gasteiger partial charge in [-0.1, -0.05) is 35.9 Å². The van der Waals surface area contributed by atoms with Crippen LogP contribution in [0.1, 0.15) is 33.5 Å². The topological polar surface area (TPSA) is 97.3 Å². The van der Waals surface area contributed by atoms with Crippen molar-refractivity contribution in [3.05, 3.63) is 101 Å². The molecule has 7 nitrogen and oxygen atoms in total. The van der Waals surface area contributed by atoms with Gasteiger partial charge in [-0.2, -0.15) is 5.26 Å². The van der Waals surface area contributed by atoms with Crippen LogP contribution in [0.5, 0.6) is 0 Å². The number of nitriles is 1. The molecule has 0 radical (unpaired) electrons. The Hall–Kier alpha value is -4.70. The van der Waals surface area contributed by atoms with Crippen LogP contribution in [0.25, 0.3) is 10.9 Å². The van der Waals surface area contributed by atoms with Crippen LogP contribution in [0.2, 0.25) is 0 Å². The number of imide groups is 1. The molecule has 178 valence electrons. The van der Waals surface area contributed by atoms with Crippen molar-refractivity contribution in [1.29, 1.82) is 5.26 Å². The summed E-state index contributed by atoms with van der Waals surface area (Å²) in [6.07, 6.45) is 2.35. The smallest absolute Gasteiger partial charge is 0.257 e. The standard InChI is InChI=1S/C29H24N4O3/c1-19-5-4-6-21(15-19)28(35)32(14-13-22-18-31-25-8-3-2-7-24(22)25)26-16-27(34)33(29(26)36)23-11-9-20(17-30)10-12-23/h2-12,15,18,26,31H,13-14,16H2,1H3. The number of nitrogens with one attached hydrogen (secondary N) is 1. The van der Waals surface area contributed by atoms with E-state index in [4.69, 9.17) is 5.26 Å². The largest absolute Gasteiger partial charge is 0.361 e. The number of fused-ring (bicyclic) bond motifs is 1. The van der Waals surface area contributed by atoms with E-state index in [1.807, 2.05) is 55.6 Å². The predicted octanol–water partition coefficient (Wildman–Crippen LogP) is 4.37. The van der Waals surface area contributed by atoms with Gasteiger partial charge < -0.3 is 9.88 Å². The van der Waals surface area contributed by atoms with E-state index >= 15 is 0 Å². The molecule has 36 heavy (non-hydrogen) atoms. The second-order valence-corrected chi connectivity index (χ2v) is 8.92. The number of aromatic nitrogens is 1. The number of H-pyrrole nitrogens is 1. The van der Waals surface area contributed by atoms with Gasteiger partial charge in [-0.3, -0.25) is 14.4 Å². The Morgan fingerprint density at radius 3 is 2.61 bits per heavy atom. The molecule has 3 aromatic carbocycles. The van der Waals surface area contributed by atoms with E-state index in [1.54, 1.807) is 36.4 Å². The fraction of sp³-hybridized carbons (Fsp3) is 0.172. The summed E-state index contributed by atoms with van der Waals surface area (Å²) in [6.45, 7) is 2.18. The summed E-state index contributed by atoms with van der Waals surface area (Å²) in [6, 6.07) is 22.6. The Bertz CT molecular complexity index is 1510. The fourth-order valence-electron chi connectivity index (χ4n) is 4.74. The molecule has 1 aliphatic heterocycles. The van der Waals surface area contributed by atoms with Crippen molar-refractivity contribution < 1.29 is 14.4 Å². The van der Waals surface area contributed by atoms with Gasteiger partial charge in [0.15, 0.2) is 0 Å². The van der Waals surface area contributed by atoms with E-state index in [-0.39, 0.29) is 24.8 Å². The number of aryl methyl sites for hydroxylation is 1. The van der Waals surface area contributed by atoms with E-state index in [0.717, 1.165) is 26.9 Å². The summed E-state index contributed by atoms with van der Waals surface area (Å²) in [5, 5.41) is 10.1. The highest BCUT2D eigenvalue weighted by Crippen LogP contribution is 2.28. The van der Waals surface area contributed by atoms with Gasteiger partial charge in [-0.05, 0) is 61.4 Å². The highest BCUT2D eigenvalue weighted by Gasteiger charge is 2.44. The quantitative estimate of drug-likeness (QED) is 0.418. The number of rotatable bonds is 6. The first-order chi connectivity index (χ1) is 17.5. The normalized spacial score (nSPS) is 15.3. The summed E-state index contributed by atoms with van der Waals surface area (Å²) in [5.41, 5.74) is 4.28. The first-order valence-corrected chi connectivity index (χ1v) is 11.8. The van der Waals surface area contributed by atoms with Crippen LogP contribution in [0.4, 0.5) is 5.69 Å². The van der Waals surface area contributed by atoms with Crippen LogP contribution in [-0.4, -0.2) is 40.2 Å². The molecule has 1 aliphatic rings. The maximum atomic E-state index is 13.7. The summed E-state index contributed by atoms with van der Waals surface area (Å²) < 4.78 is 0. The zero-order valence-corrected chi connectivity index (χ0v) is 19.8. The lowest BCUT2D eigenvalue weighted by atomic mass is 10.1. The average Bonchev–Trinajstić information content (AvgIpc) is 3.44. The van der Waals surface area contributed by atoms with E-state index in [2.05, 4.69) is 4.98 Å². The maximum Gasteiger partial charge on any atom is 0.257 e. The summed E-state index contributed by atoms with van der Waals surface area (Å²) in [7, 11) is 0. The first-order valence-electron chi connectivity index (χ1n) is 11.8. The van der Waals surface area contributed by atoms with Crippen LogP contribution in [0.15, 0.2) is 79.0 Å². The van der Waals surface area contributed by atoms with Gasteiger partial charge in [-0.25, -0.2) is 4.90 Å². The maximum absolute atomic E-state index is 13.7. The molecule has 4 aromatic rings. The number of benzene rings is 3. The van der Waals surface area contributed by atoms with Crippen molar-refractivity contribution in [2.45, 2.75) is 25.8 Å². The molecule has 1 N–H and O–H groups in total. The lowest BCUT2D eigenvalue weighted by molar-refractivity contribution is -0.122. The lowest BCUT2D eigenvalue weighted by Crippen LogP contribution is -2.46. The highest BCUT2D eigenvalue weighted by molar-refractivity contribution is 6.23. The lowest BCUT2D eigenvalue weighted by Gasteiger charge is -2.28. The molecule has 1 unspecified atom stereocenters. The number of hydrogen-bond donors (Lipinski definition) is 1. The van der Waals surface area contributed by atoms with Gasteiger partial charge in [-0.15, -0.1) is 0 Å². The van der Waals surface area contributed by atoms with Gasteiger partial charge in [0.1, 0.15) is 6.04 Å². The molecule has 0 aliphatic carbocycles. The number of amides is 3. The number of anilines is 1. The van der Waals surface area contributed by atoms with Gasteiger partial charge >= 0.3 is 0 Å². The third kappa shape index (κ3) is 4.25. The van der Waals surface area contributed by atoms with Gasteiger partial charge in [0.2, 0.25) is 5.91 Å². The Morgan fingerprint density at radius 1 is 1.08 bits per heavy atom. The third-order valence-electron chi connectivity index (χ3n) is 6.58. The zero-order chi connectivity index (χ0) is 25.2. The number of carbonyl (C=O) groups excluding carboxylic acids is 3. The van der Waals surface area contributed by atoms with Crippen molar-refractivity contribution in [2.75, 3.05) is 11.4 Å². The minimum atomic E-state index is -0.911. The molecular formula is C29H24N4O3. The third-order valence-corrected chi connectivity index (χ3v) is 6.58. The van der Waals surface area contributed by atoms with Gasteiger partial charge in [0.05, 0.1) is 23.7 Å². The first kappa shape index (κ1) is 23.1. The molecule has 0 spiro atoms. The van der Waals surface area contributed by atoms with Crippen LogP contribution < -0.4 is 4.90 Å². The van der Waals surface area contributed by atoms with Crippen LogP contribution in [-0.2, 0) is 16.0 Å². The number of nitrogens with zero attached hydrogens (tertiary/aromatic N) is 3. The summed E-state index contributed by atoms with van der Waals surface area (Å²) in [4.78, 5) is 46.1. The van der Waals surface area contributed by atoms with Crippen LogP contribution >= 0.6 is 0 Å². The van der Waals surface area contributed by atoms with Gasteiger partial charge in [0, 0.05) is 29.2 Å². The molecule has 1 fully saturated rings. The minimum Gasteiger partial charge on any atom is -0.361 e. The molecular weight excluding hydrogens is 452 g/mol. The summed E-state index contributed by atoms with van der Waals surface area (Å²) in [5.74, 6) is -1.10. The Morgan fingerprint density at radius 2 is 1.86 bits per heavy atom. The number of aromatic amines is 1. The molecule has 7 heteroatoms. The Balaban J connectivity index is 1.46. The van der Waals surface area contributed by atoms with Crippen molar-refractivity contribution in [3.8, 4) is 6.07 Å². The zero-order valence-electron chi connectivity index (χ0n) is 19.8. The Labute approximate surface area is 208 Å². The monoisotopic (exact) mass is 476 g/mol. The SMILES string of the molecule is Cc1cccc(C(=O)N(CCc2c[nH]c3ccccc23)C2CC(=O)N(c3ccc(C#N)cc3)C2=O)c1. The molecule has 1 aromatic heterocycles. The second kappa shape index (κ2) is 9.51. The van der Waals surface area contributed by atoms with E-state index in [0.29, 0.717) is 23.2 Å². The van der Waals surface area contributed by atoms with E-state index in [1.165, 1.54) is 4.90 Å². The fourth-order valence-corrected chi connectivity index (χ4v) is 4.74. The molecule has 0 saturated carbocycles. The van der Waals surface area contributed by atoms with Crippen molar-refractivity contribution >= 4 is 34.3 Å². The van der Waals surface area contributed by atoms with Crippen LogP contribution in [0.3, 0.4) is 0 Å². The van der Waals surface area contributed by atoms with Crippen molar-refractivity contribution in [1.82, 2.24) is 9.88 Å². The number of carbonyl (C=O) groups is 3. The number of para-hydroxylation sites is 1. The summed E-state index contributed by atoms with van der Waals surface area (Å²) >= 11 is 0. The van der Waals surface area contributed by atoms with Crippen molar-refractivity contribution in [2.24, 2.45) is 0 Å². The molecule has 5 rings (SSSR count). The molecule has 3 amide bonds. The minimum absolute atomic E-state index is 0.0930. The second-order valence-electron chi connectivity index (χ2n) is 8.92.